The number of hydrogen-bond donors (Lipinski definition) is 1. The highest BCUT2D eigenvalue weighted by Crippen LogP contribution is 2.37. The number of carbonyl (C=O) groups is 2. The van der Waals surface area contributed by atoms with E-state index in [0.29, 0.717) is 18.9 Å². The second-order valence-corrected chi connectivity index (χ2v) is 6.73. The summed E-state index contributed by atoms with van der Waals surface area (Å²) >= 11 is 0. The number of aromatic nitrogens is 2. The zero-order valence-corrected chi connectivity index (χ0v) is 14.5. The van der Waals surface area contributed by atoms with Crippen molar-refractivity contribution in [2.24, 2.45) is 5.92 Å². The van der Waals surface area contributed by atoms with Crippen LogP contribution in [0.1, 0.15) is 23.6 Å². The molecule has 0 aliphatic carbocycles. The summed E-state index contributed by atoms with van der Waals surface area (Å²) in [7, 11) is 1.74. The molecule has 1 fully saturated rings. The van der Waals surface area contributed by atoms with Gasteiger partial charge in [-0.15, -0.1) is 0 Å². The van der Waals surface area contributed by atoms with Gasteiger partial charge in [-0.3, -0.25) is 14.6 Å². The number of rotatable bonds is 3. The molecule has 2 aliphatic heterocycles. The molecule has 134 valence electrons. The molecule has 2 aliphatic rings. The lowest BCUT2D eigenvalue weighted by Gasteiger charge is -2.28. The summed E-state index contributed by atoms with van der Waals surface area (Å²) in [5.74, 6) is 0.0277. The molecule has 1 unspecified atom stereocenters. The summed E-state index contributed by atoms with van der Waals surface area (Å²) in [6.45, 7) is 0.379. The number of likely N-dealkylation sites (tertiary alicyclic amines) is 1. The van der Waals surface area contributed by atoms with E-state index < -0.39 is 5.92 Å². The monoisotopic (exact) mass is 352 g/mol. The third-order valence-corrected chi connectivity index (χ3v) is 5.03. The quantitative estimate of drug-likeness (QED) is 0.895. The van der Waals surface area contributed by atoms with E-state index in [-0.39, 0.29) is 30.3 Å². The molecule has 1 N–H and O–H groups in total. The highest BCUT2D eigenvalue weighted by atomic mass is 16.5. The Hall–Kier alpha value is -2.96. The minimum Gasteiger partial charge on any atom is -0.475 e. The second-order valence-electron chi connectivity index (χ2n) is 6.73. The predicted octanol–water partition coefficient (Wildman–Crippen LogP) is 1.12. The summed E-state index contributed by atoms with van der Waals surface area (Å²) in [5.41, 5.74) is 1.85. The predicted molar refractivity (Wildman–Crippen MR) is 93.2 cm³/mol. The molecule has 0 radical (unpaired) electrons. The third-order valence-electron chi connectivity index (χ3n) is 5.03. The maximum Gasteiger partial charge on any atom is 0.226 e. The lowest BCUT2D eigenvalue weighted by Crippen LogP contribution is -2.46. The summed E-state index contributed by atoms with van der Waals surface area (Å²) in [5, 5.41) is 3.05. The molecule has 0 spiro atoms. The van der Waals surface area contributed by atoms with Gasteiger partial charge in [0, 0.05) is 44.0 Å². The Bertz CT molecular complexity index is 827. The van der Waals surface area contributed by atoms with Crippen LogP contribution in [0.3, 0.4) is 0 Å². The molecular weight excluding hydrogens is 332 g/mol. The first kappa shape index (κ1) is 16.5. The topological polar surface area (TPSA) is 84.4 Å². The average molecular weight is 352 g/mol. The normalized spacial score (nSPS) is 24.7. The summed E-state index contributed by atoms with van der Waals surface area (Å²) in [6.07, 6.45) is 5.96. The SMILES string of the molecule is CN1C(=O)C[C@H](C(=O)NC2COc3ncccc3C2)[C@H]1c1cccnc1. The van der Waals surface area contributed by atoms with E-state index >= 15 is 0 Å². The molecule has 3 atom stereocenters. The summed E-state index contributed by atoms with van der Waals surface area (Å²) in [4.78, 5) is 35.1. The van der Waals surface area contributed by atoms with Crippen LogP contribution in [0.5, 0.6) is 5.88 Å². The number of fused-ring (bicyclic) bond motifs is 1. The maximum atomic E-state index is 12.9. The Morgan fingerprint density at radius 3 is 2.92 bits per heavy atom. The Kier molecular flexibility index (Phi) is 4.28. The van der Waals surface area contributed by atoms with E-state index in [1.54, 1.807) is 30.5 Å². The van der Waals surface area contributed by atoms with Crippen molar-refractivity contribution in [3.05, 3.63) is 54.0 Å². The molecule has 0 bridgehead atoms. The largest absolute Gasteiger partial charge is 0.475 e. The lowest BCUT2D eigenvalue weighted by atomic mass is 9.93. The molecule has 7 heteroatoms. The van der Waals surface area contributed by atoms with Crippen LogP contribution < -0.4 is 10.1 Å². The molecule has 1 saturated heterocycles. The molecule has 2 aromatic heterocycles. The number of pyridine rings is 2. The smallest absolute Gasteiger partial charge is 0.226 e. The Morgan fingerprint density at radius 1 is 1.27 bits per heavy atom. The Labute approximate surface area is 151 Å². The van der Waals surface area contributed by atoms with Crippen LogP contribution in [0.25, 0.3) is 0 Å². The fourth-order valence-electron chi connectivity index (χ4n) is 3.73. The van der Waals surface area contributed by atoms with Crippen LogP contribution in [-0.4, -0.2) is 46.4 Å². The summed E-state index contributed by atoms with van der Waals surface area (Å²) in [6, 6.07) is 7.10. The first-order chi connectivity index (χ1) is 12.6. The van der Waals surface area contributed by atoms with Gasteiger partial charge >= 0.3 is 0 Å². The molecule has 26 heavy (non-hydrogen) atoms. The zero-order valence-electron chi connectivity index (χ0n) is 14.5. The number of hydrogen-bond acceptors (Lipinski definition) is 5. The van der Waals surface area contributed by atoms with Gasteiger partial charge in [-0.1, -0.05) is 12.1 Å². The zero-order chi connectivity index (χ0) is 18.1. The lowest BCUT2D eigenvalue weighted by molar-refractivity contribution is -0.128. The number of ether oxygens (including phenoxy) is 1. The molecule has 7 nitrogen and oxygen atoms in total. The van der Waals surface area contributed by atoms with Crippen molar-refractivity contribution in [3.63, 3.8) is 0 Å². The molecular formula is C19H20N4O3. The molecule has 2 aromatic rings. The van der Waals surface area contributed by atoms with E-state index in [0.717, 1.165) is 11.1 Å². The van der Waals surface area contributed by atoms with Gasteiger partial charge in [-0.05, 0) is 17.7 Å². The molecule has 0 aromatic carbocycles. The van der Waals surface area contributed by atoms with Gasteiger partial charge < -0.3 is 15.0 Å². The third kappa shape index (κ3) is 3.00. The van der Waals surface area contributed by atoms with E-state index in [9.17, 15) is 9.59 Å². The van der Waals surface area contributed by atoms with Crippen LogP contribution in [0.15, 0.2) is 42.9 Å². The molecule has 4 heterocycles. The van der Waals surface area contributed by atoms with Crippen molar-refractivity contribution >= 4 is 11.8 Å². The second kappa shape index (κ2) is 6.74. The van der Waals surface area contributed by atoms with Crippen LogP contribution in [0.2, 0.25) is 0 Å². The van der Waals surface area contributed by atoms with Crippen LogP contribution in [-0.2, 0) is 16.0 Å². The highest BCUT2D eigenvalue weighted by molar-refractivity contribution is 5.90. The van der Waals surface area contributed by atoms with Gasteiger partial charge in [-0.25, -0.2) is 4.98 Å². The standard InChI is InChI=1S/C19H20N4O3/c1-23-16(24)9-15(17(23)13-5-2-6-20-10-13)18(25)22-14-8-12-4-3-7-21-19(12)26-11-14/h2-7,10,14-15,17H,8-9,11H2,1H3,(H,22,25)/t14?,15-,17+/m0/s1. The fraction of sp³-hybridized carbons (Fsp3) is 0.368. The van der Waals surface area contributed by atoms with E-state index in [1.165, 1.54) is 0 Å². The van der Waals surface area contributed by atoms with E-state index in [4.69, 9.17) is 4.74 Å². The van der Waals surface area contributed by atoms with Gasteiger partial charge in [-0.2, -0.15) is 0 Å². The van der Waals surface area contributed by atoms with E-state index in [1.807, 2.05) is 24.3 Å². The van der Waals surface area contributed by atoms with Gasteiger partial charge in [0.15, 0.2) is 0 Å². The van der Waals surface area contributed by atoms with Crippen molar-refractivity contribution in [1.29, 1.82) is 0 Å². The molecule has 2 amide bonds. The van der Waals surface area contributed by atoms with Crippen molar-refractivity contribution in [3.8, 4) is 5.88 Å². The van der Waals surface area contributed by atoms with Crippen molar-refractivity contribution in [1.82, 2.24) is 20.2 Å². The number of nitrogens with zero attached hydrogens (tertiary/aromatic N) is 3. The van der Waals surface area contributed by atoms with Crippen molar-refractivity contribution in [2.45, 2.75) is 24.9 Å². The number of amides is 2. The van der Waals surface area contributed by atoms with Crippen molar-refractivity contribution < 1.29 is 14.3 Å². The number of nitrogens with one attached hydrogen (secondary N) is 1. The molecule has 0 saturated carbocycles. The summed E-state index contributed by atoms with van der Waals surface area (Å²) < 4.78 is 5.64. The Balaban J connectivity index is 1.49. The minimum absolute atomic E-state index is 0.0338. The molecule has 4 rings (SSSR count). The number of carbonyl (C=O) groups excluding carboxylic acids is 2. The van der Waals surface area contributed by atoms with Gasteiger partial charge in [0.2, 0.25) is 17.7 Å². The first-order valence-corrected chi connectivity index (χ1v) is 8.66. The maximum absolute atomic E-state index is 12.9. The fourth-order valence-corrected chi connectivity index (χ4v) is 3.73. The van der Waals surface area contributed by atoms with Gasteiger partial charge in [0.05, 0.1) is 18.0 Å². The van der Waals surface area contributed by atoms with Crippen LogP contribution in [0, 0.1) is 5.92 Å². The van der Waals surface area contributed by atoms with E-state index in [2.05, 4.69) is 15.3 Å². The minimum atomic E-state index is -0.438. The van der Waals surface area contributed by atoms with Gasteiger partial charge in [0.1, 0.15) is 6.61 Å². The van der Waals surface area contributed by atoms with Crippen LogP contribution >= 0.6 is 0 Å². The Morgan fingerprint density at radius 2 is 2.12 bits per heavy atom. The van der Waals surface area contributed by atoms with Crippen LogP contribution in [0.4, 0.5) is 0 Å². The average Bonchev–Trinajstić information content (AvgIpc) is 2.97. The highest BCUT2D eigenvalue weighted by Gasteiger charge is 2.43. The van der Waals surface area contributed by atoms with Crippen molar-refractivity contribution in [2.75, 3.05) is 13.7 Å². The van der Waals surface area contributed by atoms with Gasteiger partial charge in [0.25, 0.3) is 0 Å². The first-order valence-electron chi connectivity index (χ1n) is 8.66.